The van der Waals surface area contributed by atoms with Crippen molar-refractivity contribution in [2.75, 3.05) is 6.61 Å². The number of rotatable bonds is 3. The third-order valence-corrected chi connectivity index (χ3v) is 5.24. The highest BCUT2D eigenvalue weighted by Gasteiger charge is 2.55. The Morgan fingerprint density at radius 2 is 1.73 bits per heavy atom. The summed E-state index contributed by atoms with van der Waals surface area (Å²) in [6.45, 7) is 0.286. The number of aliphatic hydroxyl groups is 2. The Labute approximate surface area is 91.7 Å². The van der Waals surface area contributed by atoms with Gasteiger partial charge in [-0.05, 0) is 68.1 Å². The normalized spacial score (nSPS) is 52.4. The summed E-state index contributed by atoms with van der Waals surface area (Å²) >= 11 is 0. The van der Waals surface area contributed by atoms with Gasteiger partial charge in [-0.2, -0.15) is 0 Å². The van der Waals surface area contributed by atoms with E-state index in [0.29, 0.717) is 5.92 Å². The van der Waals surface area contributed by atoms with Crippen LogP contribution in [-0.4, -0.2) is 22.9 Å². The first kappa shape index (κ1) is 10.1. The van der Waals surface area contributed by atoms with Gasteiger partial charge in [0.25, 0.3) is 0 Å². The topological polar surface area (TPSA) is 40.5 Å². The molecule has 0 spiro atoms. The van der Waals surface area contributed by atoms with Crippen LogP contribution in [0.4, 0.5) is 0 Å². The van der Waals surface area contributed by atoms with Crippen LogP contribution >= 0.6 is 0 Å². The van der Waals surface area contributed by atoms with Crippen molar-refractivity contribution in [2.24, 2.45) is 23.2 Å². The molecule has 0 aromatic rings. The molecule has 2 heteroatoms. The van der Waals surface area contributed by atoms with E-state index in [1.165, 1.54) is 32.1 Å². The molecule has 4 aliphatic rings. The van der Waals surface area contributed by atoms with Crippen molar-refractivity contribution < 1.29 is 10.2 Å². The standard InChI is InChI=1S/C13H22O2/c14-3-1-2-13-7-9-4-10(8-13)6-11(5-9)12(13)15/h9-12,14-15H,1-8H2/t9-,10-,11?,12-,13?/m0/s1. The number of aliphatic hydroxyl groups excluding tert-OH is 2. The van der Waals surface area contributed by atoms with Crippen LogP contribution in [0.2, 0.25) is 0 Å². The first-order valence-corrected chi connectivity index (χ1v) is 6.52. The second-order valence-corrected chi connectivity index (χ2v) is 6.24. The van der Waals surface area contributed by atoms with Crippen LogP contribution in [0.5, 0.6) is 0 Å². The van der Waals surface area contributed by atoms with Gasteiger partial charge in [0, 0.05) is 6.61 Å². The molecule has 0 aromatic heterocycles. The molecule has 4 saturated carbocycles. The van der Waals surface area contributed by atoms with Gasteiger partial charge < -0.3 is 10.2 Å². The molecule has 0 radical (unpaired) electrons. The molecule has 0 heterocycles. The molecule has 4 aliphatic carbocycles. The summed E-state index contributed by atoms with van der Waals surface area (Å²) in [6.07, 6.45) is 8.32. The Morgan fingerprint density at radius 1 is 1.07 bits per heavy atom. The van der Waals surface area contributed by atoms with Crippen LogP contribution in [0, 0.1) is 23.2 Å². The van der Waals surface area contributed by atoms with Crippen LogP contribution in [0.3, 0.4) is 0 Å². The average molecular weight is 210 g/mol. The fraction of sp³-hybridized carbons (Fsp3) is 1.00. The van der Waals surface area contributed by atoms with Crippen molar-refractivity contribution >= 4 is 0 Å². The molecule has 0 aliphatic heterocycles. The lowest BCUT2D eigenvalue weighted by Gasteiger charge is -2.59. The number of hydrogen-bond donors (Lipinski definition) is 2. The van der Waals surface area contributed by atoms with Crippen molar-refractivity contribution in [3.63, 3.8) is 0 Å². The van der Waals surface area contributed by atoms with Gasteiger partial charge in [0.2, 0.25) is 0 Å². The smallest absolute Gasteiger partial charge is 0.0624 e. The van der Waals surface area contributed by atoms with E-state index in [1.54, 1.807) is 0 Å². The lowest BCUT2D eigenvalue weighted by atomic mass is 9.47. The van der Waals surface area contributed by atoms with E-state index in [0.717, 1.165) is 24.7 Å². The SMILES string of the molecule is OCCCC12C[C@@H]3CC(C[C@H](C3)C1)[C@@H]2O. The maximum absolute atomic E-state index is 10.4. The zero-order chi connectivity index (χ0) is 10.5. The predicted octanol–water partition coefficient (Wildman–Crippen LogP) is 1.95. The highest BCUT2D eigenvalue weighted by molar-refractivity contribution is 5.06. The van der Waals surface area contributed by atoms with Crippen molar-refractivity contribution in [2.45, 2.75) is 51.0 Å². The molecule has 3 atom stereocenters. The van der Waals surface area contributed by atoms with Gasteiger partial charge in [-0.25, -0.2) is 0 Å². The predicted molar refractivity (Wildman–Crippen MR) is 58.3 cm³/mol. The van der Waals surface area contributed by atoms with E-state index in [9.17, 15) is 5.11 Å². The highest BCUT2D eigenvalue weighted by atomic mass is 16.3. The number of hydrogen-bond acceptors (Lipinski definition) is 2. The summed E-state index contributed by atoms with van der Waals surface area (Å²) in [7, 11) is 0. The Hall–Kier alpha value is -0.0800. The summed E-state index contributed by atoms with van der Waals surface area (Å²) in [4.78, 5) is 0. The average Bonchev–Trinajstić information content (AvgIpc) is 2.22. The minimum atomic E-state index is -0.0585. The minimum Gasteiger partial charge on any atom is -0.396 e. The maximum atomic E-state index is 10.4. The van der Waals surface area contributed by atoms with E-state index < -0.39 is 0 Å². The van der Waals surface area contributed by atoms with Gasteiger partial charge in [0.05, 0.1) is 6.10 Å². The Morgan fingerprint density at radius 3 is 2.33 bits per heavy atom. The maximum Gasteiger partial charge on any atom is 0.0624 e. The first-order chi connectivity index (χ1) is 7.23. The zero-order valence-corrected chi connectivity index (χ0v) is 9.36. The minimum absolute atomic E-state index is 0.0585. The largest absolute Gasteiger partial charge is 0.396 e. The molecule has 4 bridgehead atoms. The summed E-state index contributed by atoms with van der Waals surface area (Å²) in [6, 6.07) is 0. The fourth-order valence-electron chi connectivity index (χ4n) is 4.97. The van der Waals surface area contributed by atoms with Crippen molar-refractivity contribution in [3.8, 4) is 0 Å². The lowest BCUT2D eigenvalue weighted by molar-refractivity contribution is -0.159. The van der Waals surface area contributed by atoms with Crippen LogP contribution in [0.25, 0.3) is 0 Å². The molecule has 15 heavy (non-hydrogen) atoms. The second kappa shape index (κ2) is 3.46. The summed E-state index contributed by atoms with van der Waals surface area (Å²) in [5, 5.41) is 19.4. The van der Waals surface area contributed by atoms with Crippen LogP contribution < -0.4 is 0 Å². The van der Waals surface area contributed by atoms with Gasteiger partial charge >= 0.3 is 0 Å². The van der Waals surface area contributed by atoms with Crippen molar-refractivity contribution in [3.05, 3.63) is 0 Å². The van der Waals surface area contributed by atoms with E-state index in [-0.39, 0.29) is 18.1 Å². The van der Waals surface area contributed by atoms with Crippen LogP contribution in [0.1, 0.15) is 44.9 Å². The van der Waals surface area contributed by atoms with Gasteiger partial charge in [-0.15, -0.1) is 0 Å². The van der Waals surface area contributed by atoms with Gasteiger partial charge in [0.1, 0.15) is 0 Å². The Kier molecular flexibility index (Phi) is 2.33. The Bertz CT molecular complexity index is 237. The molecule has 2 N–H and O–H groups in total. The first-order valence-electron chi connectivity index (χ1n) is 6.52. The van der Waals surface area contributed by atoms with E-state index >= 15 is 0 Å². The van der Waals surface area contributed by atoms with Gasteiger partial charge in [-0.1, -0.05) is 0 Å². The summed E-state index contributed by atoms with van der Waals surface area (Å²) in [5.41, 5.74) is 0.206. The molecule has 0 unspecified atom stereocenters. The highest BCUT2D eigenvalue weighted by Crippen LogP contribution is 2.61. The van der Waals surface area contributed by atoms with E-state index in [2.05, 4.69) is 0 Å². The molecule has 4 fully saturated rings. The third kappa shape index (κ3) is 1.45. The monoisotopic (exact) mass is 210 g/mol. The van der Waals surface area contributed by atoms with E-state index in [4.69, 9.17) is 5.11 Å². The molecular formula is C13H22O2. The zero-order valence-electron chi connectivity index (χ0n) is 9.36. The fourth-order valence-corrected chi connectivity index (χ4v) is 4.97. The molecule has 86 valence electrons. The van der Waals surface area contributed by atoms with Crippen LogP contribution in [0.15, 0.2) is 0 Å². The lowest BCUT2D eigenvalue weighted by Crippen LogP contribution is -2.55. The molecular weight excluding hydrogens is 188 g/mol. The van der Waals surface area contributed by atoms with Crippen LogP contribution in [-0.2, 0) is 0 Å². The molecule has 0 saturated heterocycles. The van der Waals surface area contributed by atoms with Gasteiger partial charge in [0.15, 0.2) is 0 Å². The molecule has 4 rings (SSSR count). The van der Waals surface area contributed by atoms with E-state index in [1.807, 2.05) is 0 Å². The van der Waals surface area contributed by atoms with Crippen molar-refractivity contribution in [1.82, 2.24) is 0 Å². The molecule has 2 nitrogen and oxygen atoms in total. The third-order valence-electron chi connectivity index (χ3n) is 5.24. The summed E-state index contributed by atoms with van der Waals surface area (Å²) < 4.78 is 0. The van der Waals surface area contributed by atoms with Gasteiger partial charge in [-0.3, -0.25) is 0 Å². The van der Waals surface area contributed by atoms with Crippen molar-refractivity contribution in [1.29, 1.82) is 0 Å². The second-order valence-electron chi connectivity index (χ2n) is 6.24. The Balaban J connectivity index is 1.81. The molecule has 0 aromatic carbocycles. The summed E-state index contributed by atoms with van der Waals surface area (Å²) in [5.74, 6) is 2.38. The molecule has 0 amide bonds. The quantitative estimate of drug-likeness (QED) is 0.747.